The van der Waals surface area contributed by atoms with Crippen molar-refractivity contribution in [1.29, 1.82) is 0 Å². The minimum atomic E-state index is -3.22. The summed E-state index contributed by atoms with van der Waals surface area (Å²) in [6, 6.07) is 6.69. The molecule has 1 fully saturated rings. The zero-order chi connectivity index (χ0) is 14.6. The van der Waals surface area contributed by atoms with Crippen LogP contribution in [0.2, 0.25) is 0 Å². The largest absolute Gasteiger partial charge is 0.352 e. The summed E-state index contributed by atoms with van der Waals surface area (Å²) in [6.45, 7) is 1.51. The molecule has 6 nitrogen and oxygen atoms in total. The van der Waals surface area contributed by atoms with Gasteiger partial charge in [-0.15, -0.1) is 12.4 Å². The number of benzene rings is 1. The van der Waals surface area contributed by atoms with Crippen LogP contribution in [0, 0.1) is 0 Å². The van der Waals surface area contributed by atoms with Gasteiger partial charge in [-0.2, -0.15) is 0 Å². The molecule has 2 rings (SSSR count). The summed E-state index contributed by atoms with van der Waals surface area (Å²) in [5.74, 6) is -0.0446. The lowest BCUT2D eigenvalue weighted by Crippen LogP contribution is -2.27. The van der Waals surface area contributed by atoms with E-state index in [1.807, 2.05) is 0 Å². The second kappa shape index (κ2) is 7.63. The lowest BCUT2D eigenvalue weighted by atomic mass is 10.2. The quantitative estimate of drug-likeness (QED) is 0.777. The molecule has 0 radical (unpaired) electrons. The number of amides is 1. The molecule has 0 bridgehead atoms. The first-order valence-corrected chi connectivity index (χ1v) is 8.24. The number of hydrogen-bond acceptors (Lipinski definition) is 4. The van der Waals surface area contributed by atoms with Crippen LogP contribution in [0.25, 0.3) is 0 Å². The molecule has 0 unspecified atom stereocenters. The molecule has 118 valence electrons. The van der Waals surface area contributed by atoms with Gasteiger partial charge in [0.25, 0.3) is 5.91 Å². The Hall–Kier alpha value is -1.31. The fourth-order valence-electron chi connectivity index (χ4n) is 2.14. The second-order valence-electron chi connectivity index (χ2n) is 4.69. The molecule has 1 aliphatic heterocycles. The van der Waals surface area contributed by atoms with Crippen LogP contribution in [0.15, 0.2) is 24.3 Å². The fourth-order valence-corrected chi connectivity index (χ4v) is 3.69. The normalized spacial score (nSPS) is 16.3. The van der Waals surface area contributed by atoms with Crippen molar-refractivity contribution in [3.63, 3.8) is 0 Å². The molecule has 0 atom stereocenters. The van der Waals surface area contributed by atoms with Crippen LogP contribution in [0.1, 0.15) is 23.2 Å². The van der Waals surface area contributed by atoms with Gasteiger partial charge in [0.1, 0.15) is 0 Å². The van der Waals surface area contributed by atoms with Crippen LogP contribution < -0.4 is 15.4 Å². The van der Waals surface area contributed by atoms with Crippen LogP contribution in [0.3, 0.4) is 0 Å². The molecule has 3 N–H and O–H groups in total. The third kappa shape index (κ3) is 4.33. The van der Waals surface area contributed by atoms with Gasteiger partial charge in [0, 0.05) is 18.7 Å². The Labute approximate surface area is 131 Å². The molecule has 0 aromatic heterocycles. The summed E-state index contributed by atoms with van der Waals surface area (Å²) in [6.07, 6.45) is 1.33. The zero-order valence-corrected chi connectivity index (χ0v) is 13.3. The fraction of sp³-hybridized carbons (Fsp3) is 0.462. The number of nitrogens with one attached hydrogen (secondary N) is 1. The van der Waals surface area contributed by atoms with Crippen molar-refractivity contribution in [3.8, 4) is 0 Å². The van der Waals surface area contributed by atoms with Gasteiger partial charge in [-0.05, 0) is 37.6 Å². The van der Waals surface area contributed by atoms with Gasteiger partial charge in [-0.1, -0.05) is 6.07 Å². The van der Waals surface area contributed by atoms with Gasteiger partial charge in [-0.3, -0.25) is 9.10 Å². The molecule has 1 aromatic carbocycles. The van der Waals surface area contributed by atoms with E-state index in [0.29, 0.717) is 43.7 Å². The minimum Gasteiger partial charge on any atom is -0.352 e. The maximum atomic E-state index is 11.9. The first-order chi connectivity index (χ1) is 9.54. The van der Waals surface area contributed by atoms with Crippen LogP contribution >= 0.6 is 12.4 Å². The van der Waals surface area contributed by atoms with E-state index in [9.17, 15) is 13.2 Å². The summed E-state index contributed by atoms with van der Waals surface area (Å²) in [4.78, 5) is 11.9. The van der Waals surface area contributed by atoms with Gasteiger partial charge in [0.05, 0.1) is 11.4 Å². The molecule has 0 spiro atoms. The van der Waals surface area contributed by atoms with E-state index in [4.69, 9.17) is 5.73 Å². The van der Waals surface area contributed by atoms with Crippen LogP contribution in [-0.2, 0) is 10.0 Å². The molecule has 0 aliphatic carbocycles. The van der Waals surface area contributed by atoms with Crippen molar-refractivity contribution < 1.29 is 13.2 Å². The predicted octanol–water partition coefficient (Wildman–Crippen LogP) is 0.727. The summed E-state index contributed by atoms with van der Waals surface area (Å²) in [7, 11) is -3.22. The number of halogens is 1. The van der Waals surface area contributed by atoms with Crippen molar-refractivity contribution in [3.05, 3.63) is 29.8 Å². The predicted molar refractivity (Wildman–Crippen MR) is 85.4 cm³/mol. The van der Waals surface area contributed by atoms with Gasteiger partial charge < -0.3 is 11.1 Å². The summed E-state index contributed by atoms with van der Waals surface area (Å²) in [5, 5.41) is 2.75. The Balaban J connectivity index is 0.00000220. The maximum absolute atomic E-state index is 11.9. The third-order valence-corrected chi connectivity index (χ3v) is 5.03. The minimum absolute atomic E-state index is 0. The average molecular weight is 334 g/mol. The van der Waals surface area contributed by atoms with E-state index < -0.39 is 10.0 Å². The Bertz CT molecular complexity index is 592. The van der Waals surface area contributed by atoms with Crippen molar-refractivity contribution in [1.82, 2.24) is 5.32 Å². The average Bonchev–Trinajstić information content (AvgIpc) is 2.78. The molecular formula is C13H20ClN3O3S. The number of nitrogens with two attached hydrogens (primary N) is 1. The zero-order valence-electron chi connectivity index (χ0n) is 11.6. The second-order valence-corrected chi connectivity index (χ2v) is 6.70. The highest BCUT2D eigenvalue weighted by atomic mass is 35.5. The van der Waals surface area contributed by atoms with E-state index >= 15 is 0 Å². The Morgan fingerprint density at radius 2 is 2.14 bits per heavy atom. The topological polar surface area (TPSA) is 92.5 Å². The monoisotopic (exact) mass is 333 g/mol. The molecule has 1 saturated heterocycles. The summed E-state index contributed by atoms with van der Waals surface area (Å²) < 4.78 is 25.1. The number of sulfonamides is 1. The van der Waals surface area contributed by atoms with E-state index in [1.165, 1.54) is 4.31 Å². The maximum Gasteiger partial charge on any atom is 0.251 e. The first kappa shape index (κ1) is 17.7. The van der Waals surface area contributed by atoms with E-state index in [-0.39, 0.29) is 24.1 Å². The van der Waals surface area contributed by atoms with E-state index in [0.717, 1.165) is 0 Å². The van der Waals surface area contributed by atoms with Gasteiger partial charge in [0.15, 0.2) is 0 Å². The molecule has 21 heavy (non-hydrogen) atoms. The lowest BCUT2D eigenvalue weighted by molar-refractivity contribution is 0.0953. The van der Waals surface area contributed by atoms with Crippen LogP contribution in [0.4, 0.5) is 5.69 Å². The summed E-state index contributed by atoms with van der Waals surface area (Å²) >= 11 is 0. The van der Waals surface area contributed by atoms with Crippen LogP contribution in [0.5, 0.6) is 0 Å². The molecule has 1 heterocycles. The third-order valence-electron chi connectivity index (χ3n) is 3.16. The standard InChI is InChI=1S/C13H19N3O3S.ClH/c14-6-2-7-15-13(17)11-4-1-5-12(10-11)16-8-3-9-20(16,18)19;/h1,4-5,10H,2-3,6-9,14H2,(H,15,17);1H. The number of carbonyl (C=O) groups excluding carboxylic acids is 1. The molecular weight excluding hydrogens is 314 g/mol. The van der Waals surface area contributed by atoms with Crippen molar-refractivity contribution in [2.45, 2.75) is 12.8 Å². The lowest BCUT2D eigenvalue weighted by Gasteiger charge is -2.17. The smallest absolute Gasteiger partial charge is 0.251 e. The SMILES string of the molecule is Cl.NCCCNC(=O)c1cccc(N2CCCS2(=O)=O)c1. The molecule has 1 aromatic rings. The van der Waals surface area contributed by atoms with Gasteiger partial charge in [0.2, 0.25) is 10.0 Å². The summed E-state index contributed by atoms with van der Waals surface area (Å²) in [5.41, 5.74) is 6.38. The molecule has 1 amide bonds. The van der Waals surface area contributed by atoms with Crippen molar-refractivity contribution in [2.24, 2.45) is 5.73 Å². The molecule has 1 aliphatic rings. The van der Waals surface area contributed by atoms with E-state index in [1.54, 1.807) is 24.3 Å². The Morgan fingerprint density at radius 3 is 2.76 bits per heavy atom. The van der Waals surface area contributed by atoms with E-state index in [2.05, 4.69) is 5.32 Å². The van der Waals surface area contributed by atoms with Gasteiger partial charge >= 0.3 is 0 Å². The van der Waals surface area contributed by atoms with Crippen LogP contribution in [-0.4, -0.2) is 39.7 Å². The number of anilines is 1. The Morgan fingerprint density at radius 1 is 1.38 bits per heavy atom. The number of hydrogen-bond donors (Lipinski definition) is 2. The highest BCUT2D eigenvalue weighted by Crippen LogP contribution is 2.24. The molecule has 8 heteroatoms. The Kier molecular flexibility index (Phi) is 6.44. The van der Waals surface area contributed by atoms with Crippen molar-refractivity contribution >= 4 is 34.0 Å². The van der Waals surface area contributed by atoms with Crippen molar-refractivity contribution in [2.75, 3.05) is 29.7 Å². The highest BCUT2D eigenvalue weighted by molar-refractivity contribution is 7.93. The molecule has 0 saturated carbocycles. The number of nitrogens with zero attached hydrogens (tertiary/aromatic N) is 1. The first-order valence-electron chi connectivity index (χ1n) is 6.63. The number of rotatable bonds is 5. The van der Waals surface area contributed by atoms with Gasteiger partial charge in [-0.25, -0.2) is 8.42 Å². The number of carbonyl (C=O) groups is 1. The highest BCUT2D eigenvalue weighted by Gasteiger charge is 2.28.